The van der Waals surface area contributed by atoms with Gasteiger partial charge in [0.05, 0.1) is 15.8 Å². The average Bonchev–Trinajstić information content (AvgIpc) is 3.76. The van der Waals surface area contributed by atoms with E-state index in [9.17, 15) is 0 Å². The predicted molar refractivity (Wildman–Crippen MR) is 233 cm³/mol. The minimum Gasteiger partial charge on any atom is -0.337 e. The Bertz CT molecular complexity index is 2530. The van der Waals surface area contributed by atoms with Gasteiger partial charge in [-0.15, -0.1) is 11.3 Å². The quantitative estimate of drug-likeness (QED) is 0.128. The van der Waals surface area contributed by atoms with Crippen LogP contribution in [0.5, 0.6) is 0 Å². The molecule has 0 bridgehead atoms. The highest BCUT2D eigenvalue weighted by atomic mass is 32.1. The second-order valence-corrected chi connectivity index (χ2v) is 15.1. The minimum absolute atomic E-state index is 0.348. The highest BCUT2D eigenvalue weighted by Crippen LogP contribution is 2.51. The van der Waals surface area contributed by atoms with Crippen molar-refractivity contribution in [1.82, 2.24) is 0 Å². The zero-order valence-corrected chi connectivity index (χ0v) is 31.7. The SMILES string of the molecule is C=C(/C=C\C1=CC(C2=CCCC=C2)(c2ccccc2)c2ccccc21)N(C/C=C\c1ccc(/C=C\C)c(C)c1C)c1cccc2c1sc1ccccc12. The minimum atomic E-state index is -0.348. The molecule has 0 spiro atoms. The molecule has 1 heterocycles. The highest BCUT2D eigenvalue weighted by Gasteiger charge is 2.41. The van der Waals surface area contributed by atoms with Crippen LogP contribution in [0.25, 0.3) is 37.9 Å². The van der Waals surface area contributed by atoms with Crippen LogP contribution in [0.3, 0.4) is 0 Å². The largest absolute Gasteiger partial charge is 0.337 e. The molecule has 0 fully saturated rings. The van der Waals surface area contributed by atoms with Gasteiger partial charge in [0.2, 0.25) is 0 Å². The van der Waals surface area contributed by atoms with Crippen LogP contribution in [0.4, 0.5) is 5.69 Å². The van der Waals surface area contributed by atoms with Crippen LogP contribution >= 0.6 is 11.3 Å². The summed E-state index contributed by atoms with van der Waals surface area (Å²) in [5, 5.41) is 2.59. The van der Waals surface area contributed by atoms with Crippen molar-refractivity contribution in [2.45, 2.75) is 39.0 Å². The van der Waals surface area contributed by atoms with Gasteiger partial charge in [-0.1, -0.05) is 158 Å². The zero-order chi connectivity index (χ0) is 36.4. The number of benzene rings is 5. The number of thiophene rings is 1. The standard InChI is InChI=1S/C51H45NS/c1-5-18-39-32-33-40(38(4)37(39)3)19-17-34-52(48-28-16-26-46-45-25-13-15-29-49(45)53-50(46)48)36(2)30-31-41-35-51(42-20-8-6-9-21-42,43-22-10-7-11-23-43)47-27-14-12-24-44(41)47/h5-6,8-10,12-33,35H,2,7,11,34H2,1,3-4H3/b18-5-,19-17-,31-30-. The van der Waals surface area contributed by atoms with E-state index >= 15 is 0 Å². The summed E-state index contributed by atoms with van der Waals surface area (Å²) in [5.74, 6) is 0. The fourth-order valence-corrected chi connectivity index (χ4v) is 9.36. The fraction of sp³-hybridized carbons (Fsp3) is 0.137. The van der Waals surface area contributed by atoms with Crippen molar-refractivity contribution in [3.63, 3.8) is 0 Å². The predicted octanol–water partition coefficient (Wildman–Crippen LogP) is 14.0. The van der Waals surface area contributed by atoms with Gasteiger partial charge in [-0.2, -0.15) is 0 Å². The second kappa shape index (κ2) is 14.7. The van der Waals surface area contributed by atoms with E-state index in [1.165, 1.54) is 76.0 Å². The first-order valence-electron chi connectivity index (χ1n) is 18.7. The first-order valence-corrected chi connectivity index (χ1v) is 19.5. The van der Waals surface area contributed by atoms with Crippen molar-refractivity contribution in [3.05, 3.63) is 215 Å². The smallest absolute Gasteiger partial charge is 0.0643 e. The lowest BCUT2D eigenvalue weighted by Crippen LogP contribution is -2.26. The van der Waals surface area contributed by atoms with Crippen molar-refractivity contribution >= 4 is 54.9 Å². The van der Waals surface area contributed by atoms with E-state index in [1.54, 1.807) is 0 Å². The van der Waals surface area contributed by atoms with Crippen LogP contribution in [-0.4, -0.2) is 6.54 Å². The molecule has 1 unspecified atom stereocenters. The first kappa shape index (κ1) is 34.4. The Morgan fingerprint density at radius 2 is 1.51 bits per heavy atom. The topological polar surface area (TPSA) is 3.24 Å². The molecule has 1 atom stereocenters. The van der Waals surface area contributed by atoms with Crippen molar-refractivity contribution in [3.8, 4) is 0 Å². The van der Waals surface area contributed by atoms with E-state index in [0.29, 0.717) is 6.54 Å². The Morgan fingerprint density at radius 1 is 0.774 bits per heavy atom. The molecular weight excluding hydrogens is 659 g/mol. The molecule has 0 amide bonds. The van der Waals surface area contributed by atoms with E-state index in [-0.39, 0.29) is 5.41 Å². The maximum atomic E-state index is 4.74. The van der Waals surface area contributed by atoms with Crippen LogP contribution in [0.15, 0.2) is 176 Å². The molecular formula is C51H45NS. The Labute approximate surface area is 318 Å². The molecule has 2 aliphatic rings. The fourth-order valence-electron chi connectivity index (χ4n) is 8.14. The van der Waals surface area contributed by atoms with Crippen LogP contribution in [0, 0.1) is 13.8 Å². The lowest BCUT2D eigenvalue weighted by molar-refractivity contribution is 0.774. The van der Waals surface area contributed by atoms with Crippen LogP contribution < -0.4 is 4.90 Å². The van der Waals surface area contributed by atoms with E-state index in [1.807, 2.05) is 11.3 Å². The molecule has 1 aromatic heterocycles. The van der Waals surface area contributed by atoms with E-state index in [4.69, 9.17) is 6.58 Å². The van der Waals surface area contributed by atoms with Gasteiger partial charge in [0.1, 0.15) is 0 Å². The molecule has 0 saturated carbocycles. The molecule has 53 heavy (non-hydrogen) atoms. The average molecular weight is 704 g/mol. The third kappa shape index (κ3) is 6.28. The zero-order valence-electron chi connectivity index (χ0n) is 30.8. The van der Waals surface area contributed by atoms with Crippen molar-refractivity contribution in [2.75, 3.05) is 11.4 Å². The lowest BCUT2D eigenvalue weighted by atomic mass is 9.69. The maximum Gasteiger partial charge on any atom is 0.0643 e. The summed E-state index contributed by atoms with van der Waals surface area (Å²) >= 11 is 1.86. The second-order valence-electron chi connectivity index (χ2n) is 14.0. The molecule has 2 heteroatoms. The number of allylic oxidation sites excluding steroid dienone is 9. The summed E-state index contributed by atoms with van der Waals surface area (Å²) in [4.78, 5) is 2.37. The van der Waals surface area contributed by atoms with Gasteiger partial charge < -0.3 is 4.90 Å². The van der Waals surface area contributed by atoms with Gasteiger partial charge in [0.15, 0.2) is 0 Å². The van der Waals surface area contributed by atoms with Gasteiger partial charge in [0.25, 0.3) is 0 Å². The number of hydrogen-bond donors (Lipinski definition) is 0. The summed E-state index contributed by atoms with van der Waals surface area (Å²) in [7, 11) is 0. The number of nitrogens with zero attached hydrogens (tertiary/aromatic N) is 1. The molecule has 2 aliphatic carbocycles. The van der Waals surface area contributed by atoms with E-state index in [2.05, 4.69) is 196 Å². The summed E-state index contributed by atoms with van der Waals surface area (Å²) < 4.78 is 2.58. The Balaban J connectivity index is 1.20. The lowest BCUT2D eigenvalue weighted by Gasteiger charge is -2.33. The van der Waals surface area contributed by atoms with Gasteiger partial charge in [-0.25, -0.2) is 0 Å². The molecule has 0 N–H and O–H groups in total. The van der Waals surface area contributed by atoms with Crippen LogP contribution in [0.1, 0.15) is 58.7 Å². The monoisotopic (exact) mass is 703 g/mol. The molecule has 0 aliphatic heterocycles. The van der Waals surface area contributed by atoms with Gasteiger partial charge >= 0.3 is 0 Å². The number of anilines is 1. The molecule has 260 valence electrons. The molecule has 0 radical (unpaired) electrons. The number of fused-ring (bicyclic) bond motifs is 4. The van der Waals surface area contributed by atoms with E-state index < -0.39 is 0 Å². The van der Waals surface area contributed by atoms with Crippen molar-refractivity contribution < 1.29 is 0 Å². The molecule has 0 saturated heterocycles. The summed E-state index contributed by atoms with van der Waals surface area (Å²) in [6, 6.07) is 39.8. The van der Waals surface area contributed by atoms with Crippen molar-refractivity contribution in [2.24, 2.45) is 0 Å². The summed E-state index contributed by atoms with van der Waals surface area (Å²) in [6.45, 7) is 11.9. The van der Waals surface area contributed by atoms with Crippen LogP contribution in [0.2, 0.25) is 0 Å². The van der Waals surface area contributed by atoms with Gasteiger partial charge in [0, 0.05) is 27.7 Å². The Hall–Kier alpha value is -5.70. The Morgan fingerprint density at radius 3 is 2.30 bits per heavy atom. The number of hydrogen-bond acceptors (Lipinski definition) is 2. The third-order valence-electron chi connectivity index (χ3n) is 11.0. The third-order valence-corrected chi connectivity index (χ3v) is 12.2. The van der Waals surface area contributed by atoms with Crippen molar-refractivity contribution in [1.29, 1.82) is 0 Å². The Kier molecular flexibility index (Phi) is 9.56. The normalized spacial score (nSPS) is 17.0. The molecule has 6 aromatic rings. The molecule has 5 aromatic carbocycles. The van der Waals surface area contributed by atoms with Gasteiger partial charge in [-0.3, -0.25) is 0 Å². The molecule has 8 rings (SSSR count). The molecule has 1 nitrogen and oxygen atoms in total. The summed E-state index contributed by atoms with van der Waals surface area (Å²) in [6.07, 6.45) is 25.1. The van der Waals surface area contributed by atoms with Gasteiger partial charge in [-0.05, 0) is 102 Å². The van der Waals surface area contributed by atoms with Crippen LogP contribution in [-0.2, 0) is 5.41 Å². The number of rotatable bonds is 10. The van der Waals surface area contributed by atoms with E-state index in [0.717, 1.165) is 18.5 Å². The first-order chi connectivity index (χ1) is 26.0. The maximum absolute atomic E-state index is 4.74. The highest BCUT2D eigenvalue weighted by molar-refractivity contribution is 7.26. The summed E-state index contributed by atoms with van der Waals surface area (Å²) in [5.41, 5.74) is 13.4.